The number of ether oxygens (including phenoxy) is 1. The second kappa shape index (κ2) is 9.86. The van der Waals surface area contributed by atoms with E-state index in [1.165, 1.54) is 17.7 Å². The molecule has 0 aliphatic heterocycles. The van der Waals surface area contributed by atoms with Crippen molar-refractivity contribution in [3.8, 4) is 5.75 Å². The van der Waals surface area contributed by atoms with Crippen molar-refractivity contribution in [1.29, 1.82) is 0 Å². The lowest BCUT2D eigenvalue weighted by atomic mass is 10.0. The molecule has 0 spiro atoms. The van der Waals surface area contributed by atoms with Crippen LogP contribution in [0, 0.1) is 12.7 Å². The van der Waals surface area contributed by atoms with Crippen molar-refractivity contribution in [2.45, 2.75) is 39.8 Å². The van der Waals surface area contributed by atoms with E-state index < -0.39 is 11.7 Å². The summed E-state index contributed by atoms with van der Waals surface area (Å²) in [6, 6.07) is 20.0. The Kier molecular flexibility index (Phi) is 6.73. The number of aryl methyl sites for hydroxylation is 1. The number of halogens is 1. The van der Waals surface area contributed by atoms with Crippen molar-refractivity contribution in [2.24, 2.45) is 0 Å². The zero-order chi connectivity index (χ0) is 23.4. The normalized spacial score (nSPS) is 11.2. The van der Waals surface area contributed by atoms with Gasteiger partial charge in [0.2, 0.25) is 0 Å². The van der Waals surface area contributed by atoms with Crippen LogP contribution in [-0.4, -0.2) is 22.1 Å². The van der Waals surface area contributed by atoms with Gasteiger partial charge in [-0.1, -0.05) is 50.2 Å². The third kappa shape index (κ3) is 5.06. The molecule has 33 heavy (non-hydrogen) atoms. The molecule has 0 aliphatic rings. The highest BCUT2D eigenvalue weighted by molar-refractivity contribution is 5.94. The number of benzene rings is 3. The average molecular weight is 446 g/mol. The van der Waals surface area contributed by atoms with Gasteiger partial charge in [-0.05, 0) is 54.3 Å². The first kappa shape index (κ1) is 22.5. The topological polar surface area (TPSA) is 56.1 Å². The van der Waals surface area contributed by atoms with E-state index in [1.54, 1.807) is 12.1 Å². The number of hydrogen-bond acceptors (Lipinski definition) is 3. The van der Waals surface area contributed by atoms with Crippen LogP contribution in [0.4, 0.5) is 4.39 Å². The average Bonchev–Trinajstić information content (AvgIpc) is 3.15. The predicted octanol–water partition coefficient (Wildman–Crippen LogP) is 5.62. The van der Waals surface area contributed by atoms with Crippen LogP contribution in [0.1, 0.15) is 47.1 Å². The molecule has 1 heterocycles. The first-order chi connectivity index (χ1) is 15.9. The number of carbonyl (C=O) groups is 1. The number of fused-ring (bicyclic) bond motifs is 1. The minimum absolute atomic E-state index is 0.0177. The van der Waals surface area contributed by atoms with E-state index in [0.29, 0.717) is 24.9 Å². The molecule has 0 radical (unpaired) electrons. The van der Waals surface area contributed by atoms with Crippen LogP contribution < -0.4 is 10.1 Å². The van der Waals surface area contributed by atoms with E-state index >= 15 is 0 Å². The molecule has 170 valence electrons. The van der Waals surface area contributed by atoms with E-state index in [1.807, 2.05) is 28.8 Å². The Balaban J connectivity index is 1.52. The zero-order valence-electron chi connectivity index (χ0n) is 19.1. The molecule has 0 aliphatic carbocycles. The molecular formula is C27H28FN3O2. The molecule has 0 saturated carbocycles. The Morgan fingerprint density at radius 2 is 1.85 bits per heavy atom. The van der Waals surface area contributed by atoms with Gasteiger partial charge in [0, 0.05) is 0 Å². The molecule has 1 N–H and O–H groups in total. The van der Waals surface area contributed by atoms with Crippen LogP contribution in [0.3, 0.4) is 0 Å². The second-order valence-corrected chi connectivity index (χ2v) is 8.38. The Bertz CT molecular complexity index is 1280. The smallest absolute Gasteiger partial charge is 0.254 e. The Morgan fingerprint density at radius 1 is 1.09 bits per heavy atom. The van der Waals surface area contributed by atoms with Crippen molar-refractivity contribution in [3.05, 3.63) is 95.1 Å². The summed E-state index contributed by atoms with van der Waals surface area (Å²) in [4.78, 5) is 17.2. The molecule has 1 amide bonds. The fraction of sp³-hybridized carbons (Fsp3) is 0.259. The molecule has 0 atom stereocenters. The Labute approximate surface area is 193 Å². The largest absolute Gasteiger partial charge is 0.491 e. The lowest BCUT2D eigenvalue weighted by Crippen LogP contribution is -2.26. The first-order valence-corrected chi connectivity index (χ1v) is 11.1. The standard InChI is InChI=1S/C27H28FN3O2/c1-18(2)20-13-12-19(3)16-25(20)33-15-14-31-24-11-7-6-10-23(24)30-26(31)17-29-27(32)21-8-4-5-9-22(21)28/h4-13,16,18H,14-15,17H2,1-3H3,(H,29,32). The lowest BCUT2D eigenvalue weighted by Gasteiger charge is -2.16. The van der Waals surface area contributed by atoms with Crippen molar-refractivity contribution < 1.29 is 13.9 Å². The summed E-state index contributed by atoms with van der Waals surface area (Å²) in [5.74, 6) is 0.931. The van der Waals surface area contributed by atoms with E-state index in [0.717, 1.165) is 22.3 Å². The molecule has 0 unspecified atom stereocenters. The molecule has 1 aromatic heterocycles. The summed E-state index contributed by atoms with van der Waals surface area (Å²) in [6.45, 7) is 7.56. The first-order valence-electron chi connectivity index (χ1n) is 11.1. The highest BCUT2D eigenvalue weighted by atomic mass is 19.1. The fourth-order valence-electron chi connectivity index (χ4n) is 3.90. The fourth-order valence-corrected chi connectivity index (χ4v) is 3.90. The van der Waals surface area contributed by atoms with Crippen molar-refractivity contribution in [3.63, 3.8) is 0 Å². The van der Waals surface area contributed by atoms with Crippen LogP contribution in [0.25, 0.3) is 11.0 Å². The summed E-state index contributed by atoms with van der Waals surface area (Å²) >= 11 is 0. The van der Waals surface area contributed by atoms with E-state index in [-0.39, 0.29) is 12.1 Å². The second-order valence-electron chi connectivity index (χ2n) is 8.38. The molecule has 5 nitrogen and oxygen atoms in total. The number of nitrogens with one attached hydrogen (secondary N) is 1. The molecular weight excluding hydrogens is 417 g/mol. The number of nitrogens with zero attached hydrogens (tertiary/aromatic N) is 2. The van der Waals surface area contributed by atoms with Gasteiger partial charge in [-0.3, -0.25) is 4.79 Å². The molecule has 0 fully saturated rings. The predicted molar refractivity (Wildman–Crippen MR) is 128 cm³/mol. The third-order valence-electron chi connectivity index (χ3n) is 5.62. The monoisotopic (exact) mass is 445 g/mol. The van der Waals surface area contributed by atoms with Gasteiger partial charge in [-0.15, -0.1) is 0 Å². The van der Waals surface area contributed by atoms with E-state index in [2.05, 4.69) is 49.3 Å². The number of para-hydroxylation sites is 2. The number of hydrogen-bond donors (Lipinski definition) is 1. The van der Waals surface area contributed by atoms with Gasteiger partial charge >= 0.3 is 0 Å². The molecule has 3 aromatic carbocycles. The highest BCUT2D eigenvalue weighted by Gasteiger charge is 2.15. The maximum atomic E-state index is 14.0. The van der Waals surface area contributed by atoms with Gasteiger partial charge in [0.05, 0.1) is 29.7 Å². The van der Waals surface area contributed by atoms with E-state index in [4.69, 9.17) is 4.74 Å². The van der Waals surface area contributed by atoms with Gasteiger partial charge in [0.15, 0.2) is 0 Å². The lowest BCUT2D eigenvalue weighted by molar-refractivity contribution is 0.0945. The number of aromatic nitrogens is 2. The molecule has 4 aromatic rings. The van der Waals surface area contributed by atoms with Crippen molar-refractivity contribution in [2.75, 3.05) is 6.61 Å². The third-order valence-corrected chi connectivity index (χ3v) is 5.62. The van der Waals surface area contributed by atoms with Crippen molar-refractivity contribution in [1.82, 2.24) is 14.9 Å². The van der Waals surface area contributed by atoms with E-state index in [9.17, 15) is 9.18 Å². The summed E-state index contributed by atoms with van der Waals surface area (Å²) in [6.07, 6.45) is 0. The molecule has 6 heteroatoms. The Hall–Kier alpha value is -3.67. The van der Waals surface area contributed by atoms with Crippen LogP contribution in [0.2, 0.25) is 0 Å². The minimum Gasteiger partial charge on any atom is -0.491 e. The summed E-state index contributed by atoms with van der Waals surface area (Å²) in [5, 5.41) is 2.79. The van der Waals surface area contributed by atoms with Crippen LogP contribution >= 0.6 is 0 Å². The maximum Gasteiger partial charge on any atom is 0.254 e. The quantitative estimate of drug-likeness (QED) is 0.383. The van der Waals surface area contributed by atoms with Crippen LogP contribution in [-0.2, 0) is 13.1 Å². The zero-order valence-corrected chi connectivity index (χ0v) is 19.1. The van der Waals surface area contributed by atoms with Crippen LogP contribution in [0.5, 0.6) is 5.75 Å². The highest BCUT2D eigenvalue weighted by Crippen LogP contribution is 2.27. The maximum absolute atomic E-state index is 14.0. The Morgan fingerprint density at radius 3 is 2.64 bits per heavy atom. The van der Waals surface area contributed by atoms with Gasteiger partial charge < -0.3 is 14.6 Å². The molecule has 0 bridgehead atoms. The van der Waals surface area contributed by atoms with Crippen molar-refractivity contribution >= 4 is 16.9 Å². The number of carbonyl (C=O) groups excluding carboxylic acids is 1. The molecule has 0 saturated heterocycles. The summed E-state index contributed by atoms with van der Waals surface area (Å²) < 4.78 is 22.2. The number of rotatable bonds is 8. The van der Waals surface area contributed by atoms with Gasteiger partial charge in [-0.25, -0.2) is 9.37 Å². The number of imidazole rings is 1. The minimum atomic E-state index is -0.545. The molecule has 4 rings (SSSR count). The van der Waals surface area contributed by atoms with Crippen LogP contribution in [0.15, 0.2) is 66.7 Å². The van der Waals surface area contributed by atoms with Gasteiger partial charge in [0.25, 0.3) is 5.91 Å². The van der Waals surface area contributed by atoms with Gasteiger partial charge in [-0.2, -0.15) is 0 Å². The van der Waals surface area contributed by atoms with Gasteiger partial charge in [0.1, 0.15) is 24.0 Å². The number of amides is 1. The summed E-state index contributed by atoms with van der Waals surface area (Å²) in [5.41, 5.74) is 4.15. The summed E-state index contributed by atoms with van der Waals surface area (Å²) in [7, 11) is 0. The SMILES string of the molecule is Cc1ccc(C(C)C)c(OCCn2c(CNC(=O)c3ccccc3F)nc3ccccc32)c1.